The van der Waals surface area contributed by atoms with E-state index in [1.807, 2.05) is 6.92 Å². The molecule has 1 aromatic carbocycles. The molecule has 1 aromatic heterocycles. The number of carbonyl (C=O) groups excluding carboxylic acids is 1. The van der Waals surface area contributed by atoms with Gasteiger partial charge in [-0.25, -0.2) is 9.36 Å². The number of benzene rings is 1. The molecule has 0 saturated carbocycles. The molecule has 0 amide bonds. The molecular formula is C22H30N3O8P. The highest BCUT2D eigenvalue weighted by Crippen LogP contribution is 2.46. The second-order valence-electron chi connectivity index (χ2n) is 8.41. The molecule has 1 saturated heterocycles. The number of nitrogens with zero attached hydrogens (tertiary/aromatic N) is 1. The number of ether oxygens (including phenoxy) is 2. The van der Waals surface area contributed by atoms with Gasteiger partial charge in [0.1, 0.15) is 18.0 Å². The maximum Gasteiger partial charge on any atom is 0.459 e. The van der Waals surface area contributed by atoms with Crippen LogP contribution in [0.2, 0.25) is 0 Å². The Labute approximate surface area is 197 Å². The Balaban J connectivity index is 1.71. The number of aromatic amines is 1. The highest BCUT2D eigenvalue weighted by atomic mass is 31.2. The Morgan fingerprint density at radius 1 is 1.24 bits per heavy atom. The Kier molecular flexibility index (Phi) is 8.48. The highest BCUT2D eigenvalue weighted by molar-refractivity contribution is 7.52. The van der Waals surface area contributed by atoms with E-state index in [9.17, 15) is 18.9 Å². The van der Waals surface area contributed by atoms with Crippen LogP contribution in [0.25, 0.3) is 0 Å². The molecule has 5 atom stereocenters. The number of hydrogen-bond acceptors (Lipinski definition) is 8. The molecule has 1 aliphatic rings. The summed E-state index contributed by atoms with van der Waals surface area (Å²) in [7, 11) is -4.02. The summed E-state index contributed by atoms with van der Waals surface area (Å²) in [5.41, 5.74) is -1.08. The summed E-state index contributed by atoms with van der Waals surface area (Å²) in [6, 6.07) is 8.71. The molecule has 3 unspecified atom stereocenters. The van der Waals surface area contributed by atoms with Gasteiger partial charge in [-0.2, -0.15) is 5.09 Å². The van der Waals surface area contributed by atoms with Crippen molar-refractivity contribution in [2.45, 2.75) is 58.6 Å². The predicted molar refractivity (Wildman–Crippen MR) is 123 cm³/mol. The van der Waals surface area contributed by atoms with Crippen molar-refractivity contribution in [1.29, 1.82) is 0 Å². The summed E-state index contributed by atoms with van der Waals surface area (Å²) in [6.45, 7) is 6.70. The van der Waals surface area contributed by atoms with Crippen LogP contribution in [0.5, 0.6) is 5.75 Å². The number of nitrogens with one attached hydrogen (secondary N) is 2. The Morgan fingerprint density at radius 3 is 2.59 bits per heavy atom. The van der Waals surface area contributed by atoms with E-state index in [0.717, 1.165) is 0 Å². The molecule has 0 radical (unpaired) electrons. The summed E-state index contributed by atoms with van der Waals surface area (Å²) in [6.07, 6.45) is 0.408. The number of hydrogen-bond donors (Lipinski definition) is 2. The molecule has 0 aliphatic carbocycles. The van der Waals surface area contributed by atoms with Gasteiger partial charge in [0.05, 0.1) is 18.8 Å². The number of aromatic nitrogens is 2. The molecule has 34 heavy (non-hydrogen) atoms. The maximum absolute atomic E-state index is 13.6. The van der Waals surface area contributed by atoms with Crippen LogP contribution >= 0.6 is 7.75 Å². The SMILES string of the molecule is CC(C)OC(=O)[C@H](C)NP(=O)(OCC1C[C@H](C)C(n2ccc(=O)[nH]c2=O)O1)Oc1ccccc1. The molecule has 0 bridgehead atoms. The van der Waals surface area contributed by atoms with Crippen molar-refractivity contribution >= 4 is 13.7 Å². The third-order valence-corrected chi connectivity index (χ3v) is 6.68. The summed E-state index contributed by atoms with van der Waals surface area (Å²) >= 11 is 0. The second-order valence-corrected chi connectivity index (χ2v) is 10.1. The van der Waals surface area contributed by atoms with E-state index in [2.05, 4.69) is 10.1 Å². The summed E-state index contributed by atoms with van der Waals surface area (Å²) in [4.78, 5) is 37.9. The van der Waals surface area contributed by atoms with Gasteiger partial charge in [0.25, 0.3) is 5.56 Å². The van der Waals surface area contributed by atoms with Crippen molar-refractivity contribution in [3.63, 3.8) is 0 Å². The van der Waals surface area contributed by atoms with Gasteiger partial charge in [-0.3, -0.25) is 23.7 Å². The van der Waals surface area contributed by atoms with Crippen molar-refractivity contribution in [1.82, 2.24) is 14.6 Å². The van der Waals surface area contributed by atoms with Gasteiger partial charge in [-0.1, -0.05) is 25.1 Å². The molecule has 11 nitrogen and oxygen atoms in total. The zero-order valence-electron chi connectivity index (χ0n) is 19.5. The number of H-pyrrole nitrogens is 1. The first kappa shape index (κ1) is 25.9. The Hall–Kier alpha value is -2.72. The van der Waals surface area contributed by atoms with Crippen molar-refractivity contribution < 1.29 is 27.9 Å². The van der Waals surface area contributed by atoms with Crippen molar-refractivity contribution in [2.24, 2.45) is 5.92 Å². The predicted octanol–water partition coefficient (Wildman–Crippen LogP) is 2.59. The number of carbonyl (C=O) groups is 1. The van der Waals surface area contributed by atoms with Crippen LogP contribution < -0.4 is 20.9 Å². The minimum absolute atomic E-state index is 0.0838. The van der Waals surface area contributed by atoms with E-state index in [-0.39, 0.29) is 18.6 Å². The lowest BCUT2D eigenvalue weighted by Gasteiger charge is -2.24. The van der Waals surface area contributed by atoms with Crippen LogP contribution in [0.3, 0.4) is 0 Å². The quantitative estimate of drug-likeness (QED) is 0.376. The number of rotatable bonds is 10. The monoisotopic (exact) mass is 495 g/mol. The first-order valence-corrected chi connectivity index (χ1v) is 12.5. The van der Waals surface area contributed by atoms with Gasteiger partial charge >= 0.3 is 19.4 Å². The third kappa shape index (κ3) is 6.89. The molecule has 2 heterocycles. The summed E-state index contributed by atoms with van der Waals surface area (Å²) < 4.78 is 37.3. The van der Waals surface area contributed by atoms with E-state index in [1.165, 1.54) is 23.8 Å². The van der Waals surface area contributed by atoms with Gasteiger partial charge in [0.15, 0.2) is 0 Å². The molecule has 1 aliphatic heterocycles. The fourth-order valence-electron chi connectivity index (χ4n) is 3.51. The van der Waals surface area contributed by atoms with Crippen molar-refractivity contribution in [3.8, 4) is 5.75 Å². The fraction of sp³-hybridized carbons (Fsp3) is 0.500. The lowest BCUT2D eigenvalue weighted by molar-refractivity contribution is -0.149. The molecular weight excluding hydrogens is 465 g/mol. The summed E-state index contributed by atoms with van der Waals surface area (Å²) in [5, 5.41) is 2.63. The zero-order valence-corrected chi connectivity index (χ0v) is 20.4. The highest BCUT2D eigenvalue weighted by Gasteiger charge is 2.38. The van der Waals surface area contributed by atoms with Crippen LogP contribution in [-0.4, -0.2) is 40.4 Å². The van der Waals surface area contributed by atoms with E-state index < -0.39 is 43.3 Å². The van der Waals surface area contributed by atoms with Gasteiger partial charge in [0, 0.05) is 18.2 Å². The minimum atomic E-state index is -4.02. The first-order chi connectivity index (χ1) is 16.1. The molecule has 0 spiro atoms. The zero-order chi connectivity index (χ0) is 24.9. The number of esters is 1. The molecule has 3 rings (SSSR count). The van der Waals surface area contributed by atoms with Crippen molar-refractivity contribution in [3.05, 3.63) is 63.4 Å². The maximum atomic E-state index is 13.6. The van der Waals surface area contributed by atoms with Crippen LogP contribution in [0, 0.1) is 5.92 Å². The standard InChI is InChI=1S/C22H30N3O8P/c1-14(2)31-21(27)16(4)24-34(29,33-17-8-6-5-7-9-17)30-13-18-12-15(3)20(32-18)25-11-10-19(26)23-22(25)28/h5-11,14-16,18,20H,12-13H2,1-4H3,(H,24,29)(H,23,26,28)/t15-,16-,18?,20?,34?/m0/s1. The van der Waals surface area contributed by atoms with Gasteiger partial charge in [-0.05, 0) is 39.3 Å². The van der Waals surface area contributed by atoms with E-state index in [0.29, 0.717) is 12.2 Å². The van der Waals surface area contributed by atoms with Crippen LogP contribution in [0.1, 0.15) is 40.3 Å². The molecule has 12 heteroatoms. The van der Waals surface area contributed by atoms with Crippen LogP contribution in [-0.2, 0) is 23.4 Å². The summed E-state index contributed by atoms with van der Waals surface area (Å²) in [5.74, 6) is -0.389. The topological polar surface area (TPSA) is 138 Å². The molecule has 2 N–H and O–H groups in total. The smallest absolute Gasteiger partial charge is 0.459 e. The molecule has 186 valence electrons. The Bertz CT molecular complexity index is 1130. The fourth-order valence-corrected chi connectivity index (χ4v) is 5.03. The lowest BCUT2D eigenvalue weighted by Crippen LogP contribution is -2.36. The second kappa shape index (κ2) is 11.1. The average Bonchev–Trinajstić information content (AvgIpc) is 3.13. The van der Waals surface area contributed by atoms with E-state index >= 15 is 0 Å². The van der Waals surface area contributed by atoms with Gasteiger partial charge < -0.3 is 14.0 Å². The van der Waals surface area contributed by atoms with E-state index in [1.54, 1.807) is 44.2 Å². The molecule has 2 aromatic rings. The van der Waals surface area contributed by atoms with E-state index in [4.69, 9.17) is 18.5 Å². The van der Waals surface area contributed by atoms with Gasteiger partial charge in [-0.15, -0.1) is 0 Å². The molecule has 1 fully saturated rings. The van der Waals surface area contributed by atoms with Crippen LogP contribution in [0.15, 0.2) is 52.2 Å². The average molecular weight is 495 g/mol. The van der Waals surface area contributed by atoms with Crippen LogP contribution in [0.4, 0.5) is 0 Å². The van der Waals surface area contributed by atoms with Crippen molar-refractivity contribution in [2.75, 3.05) is 6.61 Å². The largest absolute Gasteiger partial charge is 0.462 e. The Morgan fingerprint density at radius 2 is 1.94 bits per heavy atom. The third-order valence-electron chi connectivity index (χ3n) is 5.04. The van der Waals surface area contributed by atoms with Gasteiger partial charge in [0.2, 0.25) is 0 Å². The first-order valence-electron chi connectivity index (χ1n) is 11.0. The lowest BCUT2D eigenvalue weighted by atomic mass is 10.1. The number of para-hydroxylation sites is 1. The normalized spacial score (nSPS) is 22.8. The minimum Gasteiger partial charge on any atom is -0.462 e.